The number of carbonyl (C=O) groups excluding carboxylic acids is 1. The molecule has 0 spiro atoms. The van der Waals surface area contributed by atoms with Crippen LogP contribution in [0.5, 0.6) is 11.5 Å². The van der Waals surface area contributed by atoms with Gasteiger partial charge in [-0.15, -0.1) is 13.2 Å². The van der Waals surface area contributed by atoms with Crippen molar-refractivity contribution in [2.75, 3.05) is 0 Å². The Morgan fingerprint density at radius 2 is 1.59 bits per heavy atom. The predicted molar refractivity (Wildman–Crippen MR) is 87.7 cm³/mol. The lowest BCUT2D eigenvalue weighted by molar-refractivity contribution is -0.276. The van der Waals surface area contributed by atoms with Gasteiger partial charge in [0.15, 0.2) is 11.6 Å². The number of benzene rings is 2. The SMILES string of the molecule is CCCCCc1ccc(C(=O)Oc2cc(F)c(OC(F)(F)F)c(F)c2)cc1. The van der Waals surface area contributed by atoms with Crippen LogP contribution in [0.25, 0.3) is 0 Å². The van der Waals surface area contributed by atoms with Crippen molar-refractivity contribution in [3.05, 3.63) is 59.2 Å². The van der Waals surface area contributed by atoms with Gasteiger partial charge in [-0.1, -0.05) is 31.9 Å². The quantitative estimate of drug-likeness (QED) is 0.260. The fourth-order valence-corrected chi connectivity index (χ4v) is 2.36. The molecule has 2 aromatic carbocycles. The van der Waals surface area contributed by atoms with Crippen molar-refractivity contribution in [3.63, 3.8) is 0 Å². The van der Waals surface area contributed by atoms with Gasteiger partial charge in [0.1, 0.15) is 5.75 Å². The lowest BCUT2D eigenvalue weighted by Gasteiger charge is -2.12. The molecule has 27 heavy (non-hydrogen) atoms. The Labute approximate surface area is 152 Å². The molecule has 0 amide bonds. The highest BCUT2D eigenvalue weighted by Gasteiger charge is 2.34. The summed E-state index contributed by atoms with van der Waals surface area (Å²) in [5, 5.41) is 0. The number of hydrogen-bond acceptors (Lipinski definition) is 3. The van der Waals surface area contributed by atoms with Crippen LogP contribution >= 0.6 is 0 Å². The Hall–Kier alpha value is -2.64. The molecule has 0 saturated carbocycles. The van der Waals surface area contributed by atoms with Gasteiger partial charge in [0.2, 0.25) is 5.75 Å². The van der Waals surface area contributed by atoms with Gasteiger partial charge in [-0.2, -0.15) is 0 Å². The molecule has 0 radical (unpaired) electrons. The number of aryl methyl sites for hydroxylation is 1. The first-order valence-electron chi connectivity index (χ1n) is 8.25. The third kappa shape index (κ3) is 6.23. The number of carbonyl (C=O) groups is 1. The maximum absolute atomic E-state index is 13.6. The molecule has 146 valence electrons. The zero-order valence-electron chi connectivity index (χ0n) is 14.4. The Balaban J connectivity index is 2.07. The number of rotatable bonds is 7. The summed E-state index contributed by atoms with van der Waals surface area (Å²) < 4.78 is 71.7. The van der Waals surface area contributed by atoms with Crippen molar-refractivity contribution in [3.8, 4) is 11.5 Å². The molecule has 2 aromatic rings. The minimum absolute atomic E-state index is 0.144. The van der Waals surface area contributed by atoms with E-state index in [9.17, 15) is 26.7 Å². The molecule has 8 heteroatoms. The summed E-state index contributed by atoms with van der Waals surface area (Å²) >= 11 is 0. The highest BCUT2D eigenvalue weighted by atomic mass is 19.4. The topological polar surface area (TPSA) is 35.5 Å². The Bertz CT molecular complexity index is 762. The Morgan fingerprint density at radius 3 is 2.11 bits per heavy atom. The van der Waals surface area contributed by atoms with Gasteiger partial charge >= 0.3 is 12.3 Å². The first-order valence-corrected chi connectivity index (χ1v) is 8.25. The van der Waals surface area contributed by atoms with Crippen LogP contribution in [0, 0.1) is 11.6 Å². The number of hydrogen-bond donors (Lipinski definition) is 0. The predicted octanol–water partition coefficient (Wildman–Crippen LogP) is 5.82. The molecular formula is C19H17F5O3. The lowest BCUT2D eigenvalue weighted by Crippen LogP contribution is -2.19. The van der Waals surface area contributed by atoms with E-state index in [1.54, 1.807) is 12.1 Å². The van der Waals surface area contributed by atoms with Crippen LogP contribution < -0.4 is 9.47 Å². The van der Waals surface area contributed by atoms with Crippen molar-refractivity contribution in [2.45, 2.75) is 39.0 Å². The van der Waals surface area contributed by atoms with Gasteiger partial charge in [0.05, 0.1) is 5.56 Å². The zero-order valence-corrected chi connectivity index (χ0v) is 14.4. The third-order valence-electron chi connectivity index (χ3n) is 3.66. The fourth-order valence-electron chi connectivity index (χ4n) is 2.36. The van der Waals surface area contributed by atoms with E-state index in [4.69, 9.17) is 4.74 Å². The largest absolute Gasteiger partial charge is 0.573 e. The van der Waals surface area contributed by atoms with Gasteiger partial charge in [0.25, 0.3) is 0 Å². The molecule has 0 heterocycles. The molecule has 0 bridgehead atoms. The molecule has 0 N–H and O–H groups in total. The molecule has 0 aliphatic carbocycles. The van der Waals surface area contributed by atoms with Crippen molar-refractivity contribution >= 4 is 5.97 Å². The smallest absolute Gasteiger partial charge is 0.423 e. The second-order valence-corrected chi connectivity index (χ2v) is 5.81. The van der Waals surface area contributed by atoms with Crippen LogP contribution in [-0.4, -0.2) is 12.3 Å². The van der Waals surface area contributed by atoms with Crippen LogP contribution in [-0.2, 0) is 6.42 Å². The molecule has 0 unspecified atom stereocenters. The normalized spacial score (nSPS) is 11.3. The van der Waals surface area contributed by atoms with E-state index in [0.717, 1.165) is 31.2 Å². The summed E-state index contributed by atoms with van der Waals surface area (Å²) in [4.78, 5) is 12.0. The van der Waals surface area contributed by atoms with Gasteiger partial charge in [0, 0.05) is 12.1 Å². The van der Waals surface area contributed by atoms with E-state index >= 15 is 0 Å². The van der Waals surface area contributed by atoms with Crippen molar-refractivity contribution < 1.29 is 36.2 Å². The highest BCUT2D eigenvalue weighted by molar-refractivity contribution is 5.91. The number of alkyl halides is 3. The third-order valence-corrected chi connectivity index (χ3v) is 3.66. The summed E-state index contributed by atoms with van der Waals surface area (Å²) in [6.45, 7) is 2.09. The molecule has 3 nitrogen and oxygen atoms in total. The van der Waals surface area contributed by atoms with E-state index < -0.39 is 35.5 Å². The van der Waals surface area contributed by atoms with Gasteiger partial charge in [-0.25, -0.2) is 13.6 Å². The molecule has 0 aliphatic rings. The monoisotopic (exact) mass is 388 g/mol. The van der Waals surface area contributed by atoms with Crippen molar-refractivity contribution in [1.82, 2.24) is 0 Å². The summed E-state index contributed by atoms with van der Waals surface area (Å²) in [6.07, 6.45) is -1.19. The number of unbranched alkanes of at least 4 members (excludes halogenated alkanes) is 2. The summed E-state index contributed by atoms with van der Waals surface area (Å²) in [7, 11) is 0. The number of ether oxygens (including phenoxy) is 2. The molecule has 0 atom stereocenters. The average Bonchev–Trinajstić information content (AvgIpc) is 2.58. The second kappa shape index (κ2) is 8.83. The fraction of sp³-hybridized carbons (Fsp3) is 0.316. The molecule has 0 aliphatic heterocycles. The first kappa shape index (κ1) is 20.7. The van der Waals surface area contributed by atoms with E-state index in [1.807, 2.05) is 0 Å². The molecule has 0 saturated heterocycles. The van der Waals surface area contributed by atoms with E-state index in [1.165, 1.54) is 12.1 Å². The van der Waals surface area contributed by atoms with Crippen LogP contribution in [0.1, 0.15) is 42.1 Å². The lowest BCUT2D eigenvalue weighted by atomic mass is 10.1. The minimum atomic E-state index is -5.25. The minimum Gasteiger partial charge on any atom is -0.423 e. The Morgan fingerprint density at radius 1 is 1.00 bits per heavy atom. The summed E-state index contributed by atoms with van der Waals surface area (Å²) in [6, 6.07) is 7.40. The van der Waals surface area contributed by atoms with Crippen LogP contribution in [0.3, 0.4) is 0 Å². The van der Waals surface area contributed by atoms with Crippen molar-refractivity contribution in [1.29, 1.82) is 0 Å². The summed E-state index contributed by atoms with van der Waals surface area (Å²) in [5.41, 5.74) is 1.18. The molecule has 2 rings (SSSR count). The highest BCUT2D eigenvalue weighted by Crippen LogP contribution is 2.31. The van der Waals surface area contributed by atoms with Crippen molar-refractivity contribution in [2.24, 2.45) is 0 Å². The van der Waals surface area contributed by atoms with Crippen LogP contribution in [0.4, 0.5) is 22.0 Å². The average molecular weight is 388 g/mol. The zero-order chi connectivity index (χ0) is 20.0. The van der Waals surface area contributed by atoms with Gasteiger partial charge < -0.3 is 9.47 Å². The first-order chi connectivity index (χ1) is 12.7. The van der Waals surface area contributed by atoms with E-state index in [0.29, 0.717) is 12.1 Å². The van der Waals surface area contributed by atoms with E-state index in [-0.39, 0.29) is 5.56 Å². The number of halogens is 5. The second-order valence-electron chi connectivity index (χ2n) is 5.81. The van der Waals surface area contributed by atoms with Crippen LogP contribution in [0.15, 0.2) is 36.4 Å². The number of esters is 1. The molecular weight excluding hydrogens is 371 g/mol. The summed E-state index contributed by atoms with van der Waals surface area (Å²) in [5.74, 6) is -6.35. The van der Waals surface area contributed by atoms with E-state index in [2.05, 4.69) is 11.7 Å². The maximum atomic E-state index is 13.6. The Kier molecular flexibility index (Phi) is 6.76. The van der Waals surface area contributed by atoms with Gasteiger partial charge in [-0.05, 0) is 30.5 Å². The van der Waals surface area contributed by atoms with Crippen LogP contribution in [0.2, 0.25) is 0 Å². The van der Waals surface area contributed by atoms with Gasteiger partial charge in [-0.3, -0.25) is 0 Å². The molecule has 0 fully saturated rings. The maximum Gasteiger partial charge on any atom is 0.573 e. The standard InChI is InChI=1S/C19H17F5O3/c1-2-3-4-5-12-6-8-13(9-7-12)18(25)26-14-10-15(20)17(16(21)11-14)27-19(22,23)24/h6-11H,2-5H2,1H3. The molecule has 0 aromatic heterocycles.